The minimum absolute atomic E-state index is 0.00278. The van der Waals surface area contributed by atoms with Crippen molar-refractivity contribution in [3.05, 3.63) is 149 Å². The average Bonchev–Trinajstić information content (AvgIpc) is 3.61. The topological polar surface area (TPSA) is 6.48 Å². The lowest BCUT2D eigenvalue weighted by molar-refractivity contribution is 0.332. The molecule has 7 aromatic rings. The molecule has 0 spiro atoms. The molecular weight excluding hydrogens is 780 g/mol. The number of rotatable bonds is 3. The van der Waals surface area contributed by atoms with Crippen LogP contribution in [0.3, 0.4) is 0 Å². The van der Waals surface area contributed by atoms with Crippen molar-refractivity contribution in [1.82, 2.24) is 0 Å². The van der Waals surface area contributed by atoms with Gasteiger partial charge in [0.05, 0.1) is 5.69 Å². The molecule has 0 amide bonds. The zero-order valence-electron chi connectivity index (χ0n) is 39.7. The number of benzene rings is 6. The number of hydrogen-bond donors (Lipinski definition) is 0. The standard InChI is InChI=1S/C59H63BN2S/c1-36-30-49-52-50(31-36)62(41-23-24-43-44(33-41)57(7,8)27-26-56(43,5)6)53-42-34-45-46(59(11,12)29-28-58(45,9)10)35-51(42)63-54(53)60(52)47-32-39(55(2,3)4)20-25-48(47)61(49)40-21-18-38(19-22-40)37-16-14-13-15-17-37/h13-25,30-35H,26-29H2,1-12H3. The predicted molar refractivity (Wildman–Crippen MR) is 275 cm³/mol. The van der Waals surface area contributed by atoms with E-state index in [1.165, 1.54) is 130 Å². The van der Waals surface area contributed by atoms with Crippen LogP contribution in [0.2, 0.25) is 0 Å². The largest absolute Gasteiger partial charge is 0.311 e. The fourth-order valence-corrected chi connectivity index (χ4v) is 13.2. The number of anilines is 6. The van der Waals surface area contributed by atoms with Crippen molar-refractivity contribution in [2.24, 2.45) is 0 Å². The Morgan fingerprint density at radius 3 is 1.71 bits per heavy atom. The lowest BCUT2D eigenvalue weighted by Crippen LogP contribution is -2.60. The summed E-state index contributed by atoms with van der Waals surface area (Å²) in [5, 5.41) is 1.40. The van der Waals surface area contributed by atoms with Crippen molar-refractivity contribution in [1.29, 1.82) is 0 Å². The van der Waals surface area contributed by atoms with E-state index in [0.717, 1.165) is 0 Å². The summed E-state index contributed by atoms with van der Waals surface area (Å²) in [4.78, 5) is 5.30. The van der Waals surface area contributed by atoms with Crippen LogP contribution in [0, 0.1) is 6.92 Å². The molecule has 4 heteroatoms. The molecule has 11 rings (SSSR count). The van der Waals surface area contributed by atoms with Gasteiger partial charge in [0.15, 0.2) is 0 Å². The molecule has 318 valence electrons. The molecule has 6 aromatic carbocycles. The maximum atomic E-state index is 2.72. The monoisotopic (exact) mass is 842 g/mol. The Balaban J connectivity index is 1.23. The quantitative estimate of drug-likeness (QED) is 0.164. The Morgan fingerprint density at radius 2 is 1.08 bits per heavy atom. The van der Waals surface area contributed by atoms with Crippen LogP contribution in [0.15, 0.2) is 115 Å². The van der Waals surface area contributed by atoms with Crippen molar-refractivity contribution < 1.29 is 0 Å². The van der Waals surface area contributed by atoms with Crippen LogP contribution < -0.4 is 25.5 Å². The summed E-state index contributed by atoms with van der Waals surface area (Å²) in [6.07, 6.45) is 4.80. The molecule has 1 aromatic heterocycles. The highest BCUT2D eigenvalue weighted by Crippen LogP contribution is 2.54. The Bertz CT molecular complexity index is 3010. The van der Waals surface area contributed by atoms with Crippen molar-refractivity contribution in [3.8, 4) is 11.1 Å². The van der Waals surface area contributed by atoms with Crippen molar-refractivity contribution in [2.75, 3.05) is 9.80 Å². The third-order valence-corrected chi connectivity index (χ3v) is 17.2. The second-order valence-electron chi connectivity index (χ2n) is 23.2. The van der Waals surface area contributed by atoms with Gasteiger partial charge in [0, 0.05) is 43.3 Å². The first-order valence-electron chi connectivity index (χ1n) is 23.5. The highest BCUT2D eigenvalue weighted by Gasteiger charge is 2.47. The third kappa shape index (κ3) is 6.17. The second-order valence-corrected chi connectivity index (χ2v) is 24.3. The highest BCUT2D eigenvalue weighted by atomic mass is 32.1. The molecule has 0 radical (unpaired) electrons. The molecule has 2 aliphatic heterocycles. The van der Waals surface area contributed by atoms with Gasteiger partial charge < -0.3 is 9.80 Å². The van der Waals surface area contributed by atoms with Crippen LogP contribution in [0.1, 0.15) is 135 Å². The van der Waals surface area contributed by atoms with E-state index in [4.69, 9.17) is 0 Å². The molecular formula is C59H63BN2S. The number of hydrogen-bond acceptors (Lipinski definition) is 3. The summed E-state index contributed by atoms with van der Waals surface area (Å²) >= 11 is 2.06. The lowest BCUT2D eigenvalue weighted by Gasteiger charge is -2.45. The van der Waals surface area contributed by atoms with Crippen LogP contribution in [-0.2, 0) is 27.1 Å². The molecule has 4 aliphatic rings. The van der Waals surface area contributed by atoms with Crippen LogP contribution in [0.4, 0.5) is 34.1 Å². The maximum Gasteiger partial charge on any atom is 0.264 e. The first-order valence-corrected chi connectivity index (χ1v) is 24.4. The van der Waals surface area contributed by atoms with Gasteiger partial charge in [0.1, 0.15) is 0 Å². The summed E-state index contributed by atoms with van der Waals surface area (Å²) in [7, 11) is 0. The maximum absolute atomic E-state index is 2.72. The zero-order chi connectivity index (χ0) is 44.2. The molecule has 0 saturated heterocycles. The average molecular weight is 843 g/mol. The van der Waals surface area contributed by atoms with E-state index in [-0.39, 0.29) is 33.8 Å². The van der Waals surface area contributed by atoms with Gasteiger partial charge in [-0.15, -0.1) is 11.3 Å². The van der Waals surface area contributed by atoms with E-state index >= 15 is 0 Å². The summed E-state index contributed by atoms with van der Waals surface area (Å²) in [5.41, 5.74) is 22.2. The normalized spacial score (nSPS) is 18.6. The van der Waals surface area contributed by atoms with Gasteiger partial charge >= 0.3 is 0 Å². The molecule has 63 heavy (non-hydrogen) atoms. The third-order valence-electron chi connectivity index (χ3n) is 16.0. The van der Waals surface area contributed by atoms with Gasteiger partial charge in [-0.3, -0.25) is 0 Å². The van der Waals surface area contributed by atoms with Gasteiger partial charge in [-0.25, -0.2) is 0 Å². The van der Waals surface area contributed by atoms with E-state index in [1.807, 2.05) is 0 Å². The lowest BCUT2D eigenvalue weighted by atomic mass is 9.36. The number of nitrogens with zero attached hydrogens (tertiary/aromatic N) is 2. The van der Waals surface area contributed by atoms with Gasteiger partial charge in [-0.1, -0.05) is 137 Å². The highest BCUT2D eigenvalue weighted by molar-refractivity contribution is 7.33. The molecule has 0 saturated carbocycles. The Hall–Kier alpha value is -5.06. The molecule has 0 fully saturated rings. The van der Waals surface area contributed by atoms with E-state index in [1.54, 1.807) is 0 Å². The van der Waals surface area contributed by atoms with E-state index in [9.17, 15) is 0 Å². The van der Waals surface area contributed by atoms with Gasteiger partial charge in [0.2, 0.25) is 0 Å². The number of aryl methyl sites for hydroxylation is 1. The molecule has 0 bridgehead atoms. The van der Waals surface area contributed by atoms with Crippen molar-refractivity contribution in [3.63, 3.8) is 0 Å². The van der Waals surface area contributed by atoms with E-state index < -0.39 is 0 Å². The van der Waals surface area contributed by atoms with Crippen LogP contribution in [-0.4, -0.2) is 6.71 Å². The Labute approximate surface area is 381 Å². The number of fused-ring (bicyclic) bond motifs is 8. The van der Waals surface area contributed by atoms with E-state index in [2.05, 4.69) is 219 Å². The van der Waals surface area contributed by atoms with Crippen LogP contribution in [0.5, 0.6) is 0 Å². The fraction of sp³-hybridized carbons (Fsp3) is 0.356. The molecule has 2 nitrogen and oxygen atoms in total. The molecule has 0 unspecified atom stereocenters. The SMILES string of the molecule is Cc1cc2c3c(c1)N(c1ccc4c(c1)C(C)(C)CCC4(C)C)c1c(sc4cc5c(cc14)C(C)(C)CCC5(C)C)B3c1cc(C(C)(C)C)ccc1N2c1ccc(-c2ccccc2)cc1. The summed E-state index contributed by atoms with van der Waals surface area (Å²) < 4.78 is 2.87. The second kappa shape index (κ2) is 13.5. The minimum atomic E-state index is -0.00278. The molecule has 0 atom stereocenters. The van der Waals surface area contributed by atoms with Gasteiger partial charge in [0.25, 0.3) is 6.71 Å². The van der Waals surface area contributed by atoms with Crippen molar-refractivity contribution in [2.45, 2.75) is 136 Å². The fourth-order valence-electron chi connectivity index (χ4n) is 11.8. The van der Waals surface area contributed by atoms with Gasteiger partial charge in [-0.05, 0) is 170 Å². The molecule has 2 aliphatic carbocycles. The summed E-state index contributed by atoms with van der Waals surface area (Å²) in [6.45, 7) is 29.2. The van der Waals surface area contributed by atoms with Crippen molar-refractivity contribution >= 4 is 78.0 Å². The smallest absolute Gasteiger partial charge is 0.264 e. The molecule has 3 heterocycles. The Kier molecular flexibility index (Phi) is 8.72. The first kappa shape index (κ1) is 40.7. The number of thiophene rings is 1. The Morgan fingerprint density at radius 1 is 0.524 bits per heavy atom. The summed E-state index contributed by atoms with van der Waals surface area (Å²) in [5.74, 6) is 0. The van der Waals surface area contributed by atoms with Crippen LogP contribution in [0.25, 0.3) is 21.2 Å². The predicted octanol–water partition coefficient (Wildman–Crippen LogP) is 15.0. The van der Waals surface area contributed by atoms with Gasteiger partial charge in [-0.2, -0.15) is 0 Å². The van der Waals surface area contributed by atoms with E-state index in [0.29, 0.717) is 0 Å². The minimum Gasteiger partial charge on any atom is -0.311 e. The first-order chi connectivity index (χ1) is 29.7. The summed E-state index contributed by atoms with van der Waals surface area (Å²) in [6, 6.07) is 45.3. The molecule has 0 N–H and O–H groups in total. The zero-order valence-corrected chi connectivity index (χ0v) is 40.5. The van der Waals surface area contributed by atoms with Crippen LogP contribution >= 0.6 is 11.3 Å².